The quantitative estimate of drug-likeness (QED) is 0.0227. The molecule has 5 heterocycles. The molecular formula is C54H87N4O34P. The van der Waals surface area contributed by atoms with E-state index in [9.17, 15) is 105 Å². The lowest BCUT2D eigenvalue weighted by Gasteiger charge is -2.52. The van der Waals surface area contributed by atoms with Crippen molar-refractivity contribution in [2.45, 2.75) is 233 Å². The molecule has 5 fully saturated rings. The Morgan fingerprint density at radius 2 is 1.12 bits per heavy atom. The van der Waals surface area contributed by atoms with Crippen molar-refractivity contribution in [3.05, 3.63) is 34.9 Å². The van der Waals surface area contributed by atoms with E-state index in [1.54, 1.807) is 13.0 Å². The number of rotatable bonds is 31. The van der Waals surface area contributed by atoms with Crippen molar-refractivity contribution in [3.63, 3.8) is 0 Å². The van der Waals surface area contributed by atoms with Crippen LogP contribution in [0.5, 0.6) is 0 Å². The fraction of sp³-hybridized carbons (Fsp3) is 0.778. The minimum absolute atomic E-state index is 0.332. The molecule has 93 heavy (non-hydrogen) atoms. The molecule has 5 saturated heterocycles. The number of phosphoric ester groups is 1. The fourth-order valence-corrected chi connectivity index (χ4v) is 11.3. The van der Waals surface area contributed by atoms with Crippen molar-refractivity contribution >= 4 is 43.6 Å². The Kier molecular flexibility index (Phi) is 29.5. The van der Waals surface area contributed by atoms with E-state index in [0.29, 0.717) is 12.8 Å². The highest BCUT2D eigenvalue weighted by molar-refractivity contribution is 7.47. The molecule has 0 aliphatic carbocycles. The van der Waals surface area contributed by atoms with Crippen LogP contribution in [0.2, 0.25) is 0 Å². The summed E-state index contributed by atoms with van der Waals surface area (Å²) in [6.07, 6.45) is -43.3. The number of ether oxygens (including phenoxy) is 11. The Hall–Kier alpha value is -4.89. The van der Waals surface area contributed by atoms with Gasteiger partial charge in [0.25, 0.3) is 0 Å². The number of aliphatic hydroxyl groups is 11. The summed E-state index contributed by atoms with van der Waals surface area (Å²) in [7, 11) is -5.82. The highest BCUT2D eigenvalue weighted by Gasteiger charge is 2.62. The first kappa shape index (κ1) is 78.8. The van der Waals surface area contributed by atoms with Crippen LogP contribution in [-0.4, -0.2) is 299 Å². The summed E-state index contributed by atoms with van der Waals surface area (Å²) in [5.41, 5.74) is 11.2. The van der Waals surface area contributed by atoms with Crippen molar-refractivity contribution in [1.29, 1.82) is 0 Å². The number of carboxylic acids is 2. The summed E-state index contributed by atoms with van der Waals surface area (Å²) < 4.78 is 87.2. The molecule has 39 heteroatoms. The molecule has 0 bridgehead atoms. The van der Waals surface area contributed by atoms with Gasteiger partial charge in [-0.3, -0.25) is 23.4 Å². The average Bonchev–Trinajstić information content (AvgIpc) is 0.758. The maximum absolute atomic E-state index is 13.9. The molecule has 20 N–H and O–H groups in total. The summed E-state index contributed by atoms with van der Waals surface area (Å²) in [4.78, 5) is 87.0. The van der Waals surface area contributed by atoms with E-state index in [1.807, 2.05) is 20.8 Å². The van der Waals surface area contributed by atoms with Gasteiger partial charge in [-0.25, -0.2) is 18.9 Å². The number of carbonyl (C=O) groups excluding carboxylic acids is 4. The first-order valence-corrected chi connectivity index (χ1v) is 30.6. The molecule has 0 aromatic carbocycles. The Balaban J connectivity index is 1.51. The maximum atomic E-state index is 13.9. The number of hydrogen-bond acceptors (Lipinski definition) is 31. The minimum atomic E-state index is -5.82. The Bertz CT molecular complexity index is 2670. The van der Waals surface area contributed by atoms with Gasteiger partial charge < -0.3 is 145 Å². The highest BCUT2D eigenvalue weighted by Crippen LogP contribution is 2.49. The van der Waals surface area contributed by atoms with E-state index in [1.165, 1.54) is 11.1 Å². The van der Waals surface area contributed by atoms with Crippen molar-refractivity contribution in [3.8, 4) is 0 Å². The molecule has 1 unspecified atom stereocenters. The lowest BCUT2D eigenvalue weighted by Crippen LogP contribution is -2.72. The molecular weight excluding hydrogens is 1280 g/mol. The predicted octanol–water partition coefficient (Wildman–Crippen LogP) is -6.53. The molecule has 0 spiro atoms. The van der Waals surface area contributed by atoms with Crippen LogP contribution in [0.4, 0.5) is 4.79 Å². The normalized spacial score (nSPS) is 38.6. The largest absolute Gasteiger partial charge is 0.479 e. The molecule has 0 radical (unpaired) electrons. The van der Waals surface area contributed by atoms with Crippen LogP contribution < -0.4 is 22.1 Å². The highest BCUT2D eigenvalue weighted by atomic mass is 31.2. The number of aliphatic carboxylic acids is 2. The maximum Gasteiger partial charge on any atom is 0.474 e. The molecule has 5 aliphatic heterocycles. The third-order valence-corrected chi connectivity index (χ3v) is 16.4. The SMILES string of the molecule is CC(=O)N[C@H]1[C@H](O[C@H]2[C@H](O)[C@@H](NC(C)=O)[C@H](O[C@H]3[C@@H](OP(=O)(O)OC[C@@H](OC/C=C(\C)CC/C=C(\C)CCC=C(C)C)C(=O)O)O[C@H](C(N)=O)[C@@](C)(O)[C@@H]3OC(N)=O)O[C@@H]2CO[C@@H]2O[C@H](CO)[C@@H](O)[C@H](O)[C@H]2O)O[C@H](CO)[C@@H](O[C@@H]2O[C@H](C(=O)O)[C@H](O)[C@H](O)[C@H]2O)[C@@H]1O. The Labute approximate surface area is 531 Å². The van der Waals surface area contributed by atoms with Gasteiger partial charge in [-0.05, 0) is 60.3 Å². The summed E-state index contributed by atoms with van der Waals surface area (Å²) in [5, 5.41) is 145. The zero-order chi connectivity index (χ0) is 69.7. The first-order valence-electron chi connectivity index (χ1n) is 29.2. The third kappa shape index (κ3) is 21.1. The molecule has 0 aromatic rings. The molecule has 5 aliphatic rings. The van der Waals surface area contributed by atoms with Gasteiger partial charge in [0.15, 0.2) is 62.0 Å². The van der Waals surface area contributed by atoms with Crippen molar-refractivity contribution in [2.24, 2.45) is 11.5 Å². The van der Waals surface area contributed by atoms with Crippen LogP contribution in [0.1, 0.15) is 74.1 Å². The van der Waals surface area contributed by atoms with Gasteiger partial charge in [0.1, 0.15) is 97.0 Å². The number of allylic oxidation sites excluding steroid dienone is 5. The van der Waals surface area contributed by atoms with E-state index in [-0.39, 0.29) is 6.61 Å². The summed E-state index contributed by atoms with van der Waals surface area (Å²) >= 11 is 0. The molecule has 4 amide bonds. The predicted molar refractivity (Wildman–Crippen MR) is 303 cm³/mol. The third-order valence-electron chi connectivity index (χ3n) is 15.4. The van der Waals surface area contributed by atoms with Crippen LogP contribution in [-0.2, 0) is 89.7 Å². The topological polar surface area (TPSA) is 599 Å². The lowest BCUT2D eigenvalue weighted by molar-refractivity contribution is -0.377. The lowest BCUT2D eigenvalue weighted by atomic mass is 9.85. The molecule has 5 rings (SSSR count). The molecule has 0 aromatic heterocycles. The Morgan fingerprint density at radius 1 is 0.613 bits per heavy atom. The van der Waals surface area contributed by atoms with E-state index >= 15 is 0 Å². The fourth-order valence-electron chi connectivity index (χ4n) is 10.5. The smallest absolute Gasteiger partial charge is 0.474 e. The number of primary amides is 2. The monoisotopic (exact) mass is 1370 g/mol. The van der Waals surface area contributed by atoms with E-state index in [4.69, 9.17) is 72.6 Å². The second-order valence-corrected chi connectivity index (χ2v) is 24.5. The number of carboxylic acid groups (broad SMARTS) is 2. The number of aliphatic hydroxyl groups excluding tert-OH is 10. The van der Waals surface area contributed by atoms with Gasteiger partial charge in [0.05, 0.1) is 33.0 Å². The van der Waals surface area contributed by atoms with E-state index in [0.717, 1.165) is 39.2 Å². The summed E-state index contributed by atoms with van der Waals surface area (Å²) in [6.45, 7) is 5.54. The minimum Gasteiger partial charge on any atom is -0.479 e. The van der Waals surface area contributed by atoms with Crippen molar-refractivity contribution in [2.75, 3.05) is 33.0 Å². The summed E-state index contributed by atoms with van der Waals surface area (Å²) in [5.74, 6) is -7.08. The number of hydrogen-bond donors (Lipinski definition) is 18. The second-order valence-electron chi connectivity index (χ2n) is 23.1. The van der Waals surface area contributed by atoms with Crippen LogP contribution in [0, 0.1) is 0 Å². The number of carbonyl (C=O) groups is 6. The molecule has 27 atom stereocenters. The number of amides is 4. The average molecular weight is 1370 g/mol. The van der Waals surface area contributed by atoms with Crippen LogP contribution in [0.25, 0.3) is 0 Å². The molecule has 38 nitrogen and oxygen atoms in total. The number of phosphoric acid groups is 1. The van der Waals surface area contributed by atoms with Gasteiger partial charge >= 0.3 is 25.9 Å². The number of nitrogens with two attached hydrogens (primary N) is 2. The van der Waals surface area contributed by atoms with E-state index in [2.05, 4.69) is 22.8 Å². The van der Waals surface area contributed by atoms with Crippen LogP contribution in [0.3, 0.4) is 0 Å². The van der Waals surface area contributed by atoms with Gasteiger partial charge in [0.2, 0.25) is 17.7 Å². The van der Waals surface area contributed by atoms with Crippen molar-refractivity contribution in [1.82, 2.24) is 10.6 Å². The Morgan fingerprint density at radius 3 is 1.65 bits per heavy atom. The van der Waals surface area contributed by atoms with Crippen molar-refractivity contribution < 1.29 is 166 Å². The molecule has 0 saturated carbocycles. The standard InChI is InChI=1S/C54H87N4O34P/c1-20(2)10-8-11-21(3)12-9-13-22(4)14-15-80-28(46(72)73)19-82-93(78,79)92-52-42(43(91-53(56)76)54(7,77)44(90-52)45(55)71)89-49-30(58-24(6)62)33(65)40(27(85-49)18-81-50-37(69)34(66)31(63)25(16-59)83-50)86-48-29(57-23(5)61)32(64)39(26(17-60)84-48)87-51-38(70)35(67)36(68)41(88-51)47(74)75/h10,12,14,25-44,48-52,59-60,63-70,77H,8-9,11,13,15-19H2,1-7H3,(H2,55,71)(H2,56,76)(H,57,61)(H,58,62)(H,72,73)(H,74,75)(H,78,79)/b21-12+,22-14+/t25-,26-,27-,28-,29-,30-,31-,32-,33-,34+,35+,36-,37-,38-,39-,40-,41+,42-,43-,44-,48+,49+,50-,51-,52-,54+/m1/s1. The summed E-state index contributed by atoms with van der Waals surface area (Å²) in [6, 6.07) is -4.08. The van der Waals surface area contributed by atoms with Gasteiger partial charge in [0, 0.05) is 13.8 Å². The van der Waals surface area contributed by atoms with Crippen LogP contribution >= 0.6 is 7.82 Å². The van der Waals surface area contributed by atoms with Gasteiger partial charge in [-0.2, -0.15) is 0 Å². The number of nitrogens with one attached hydrogen (secondary N) is 2. The zero-order valence-electron chi connectivity index (χ0n) is 51.6. The van der Waals surface area contributed by atoms with E-state index < -0.39 is 229 Å². The second kappa shape index (κ2) is 34.9. The van der Waals surface area contributed by atoms with Crippen LogP contribution in [0.15, 0.2) is 34.9 Å². The van der Waals surface area contributed by atoms with Gasteiger partial charge in [-0.1, -0.05) is 34.9 Å². The van der Waals surface area contributed by atoms with Gasteiger partial charge in [-0.15, -0.1) is 0 Å². The zero-order valence-corrected chi connectivity index (χ0v) is 52.5. The first-order chi connectivity index (χ1) is 43.4. The molecule has 532 valence electrons.